The van der Waals surface area contributed by atoms with Gasteiger partial charge in [-0.25, -0.2) is 0 Å². The number of hydrogen-bond donors (Lipinski definition) is 2. The van der Waals surface area contributed by atoms with Crippen LogP contribution in [-0.4, -0.2) is 24.7 Å². The summed E-state index contributed by atoms with van der Waals surface area (Å²) in [4.78, 5) is 0. The van der Waals surface area contributed by atoms with E-state index < -0.39 is 0 Å². The van der Waals surface area contributed by atoms with E-state index in [1.54, 1.807) is 6.20 Å². The van der Waals surface area contributed by atoms with Gasteiger partial charge in [0.2, 0.25) is 0 Å². The monoisotopic (exact) mass is 354 g/mol. The molecule has 0 fully saturated rings. The van der Waals surface area contributed by atoms with Crippen molar-refractivity contribution < 1.29 is 0 Å². The van der Waals surface area contributed by atoms with Crippen LogP contribution >= 0.6 is 12.2 Å². The molecule has 6 nitrogen and oxygen atoms in total. The fourth-order valence-corrected chi connectivity index (χ4v) is 2.72. The molecule has 0 aliphatic heterocycles. The van der Waals surface area contributed by atoms with Crippen LogP contribution in [0.5, 0.6) is 0 Å². The van der Waals surface area contributed by atoms with Gasteiger partial charge in [0.1, 0.15) is 0 Å². The molecule has 25 heavy (non-hydrogen) atoms. The number of nitrogens with one attached hydrogen (secondary N) is 2. The second-order valence-corrected chi connectivity index (χ2v) is 6.22. The maximum absolute atomic E-state index is 5.37. The van der Waals surface area contributed by atoms with Crippen LogP contribution in [0.2, 0.25) is 0 Å². The van der Waals surface area contributed by atoms with Crippen LogP contribution in [0, 0.1) is 6.92 Å². The standard InChI is InChI=1S/C18H22N6S/c1-3-23-12-16(14(2)22-23)9-19-18(25)21-17-10-20-24(13-17)11-15-7-5-4-6-8-15/h4-8,10,12-13H,3,9,11H2,1-2H3,(H2,19,21,25). The number of anilines is 1. The highest BCUT2D eigenvalue weighted by atomic mass is 32.1. The maximum Gasteiger partial charge on any atom is 0.171 e. The number of aromatic nitrogens is 4. The first-order valence-corrected chi connectivity index (χ1v) is 8.69. The summed E-state index contributed by atoms with van der Waals surface area (Å²) in [6, 6.07) is 10.2. The molecule has 2 aromatic heterocycles. The molecule has 7 heteroatoms. The molecule has 0 aliphatic rings. The molecule has 3 aromatic rings. The Morgan fingerprint density at radius 1 is 1.16 bits per heavy atom. The normalized spacial score (nSPS) is 10.6. The SMILES string of the molecule is CCn1cc(CNC(=S)Nc2cnn(Cc3ccccc3)c2)c(C)n1. The molecule has 0 unspecified atom stereocenters. The van der Waals surface area contributed by atoms with E-state index in [0.717, 1.165) is 30.0 Å². The van der Waals surface area contributed by atoms with E-state index >= 15 is 0 Å². The van der Waals surface area contributed by atoms with E-state index in [1.807, 2.05) is 46.9 Å². The third-order valence-corrected chi connectivity index (χ3v) is 4.14. The van der Waals surface area contributed by atoms with E-state index in [1.165, 1.54) is 5.56 Å². The summed E-state index contributed by atoms with van der Waals surface area (Å²) in [6.45, 7) is 6.33. The van der Waals surface area contributed by atoms with Crippen LogP contribution in [0.3, 0.4) is 0 Å². The quantitative estimate of drug-likeness (QED) is 0.667. The molecule has 3 rings (SSSR count). The second kappa shape index (κ2) is 7.94. The summed E-state index contributed by atoms with van der Waals surface area (Å²) in [5.74, 6) is 0. The highest BCUT2D eigenvalue weighted by Crippen LogP contribution is 2.09. The Balaban J connectivity index is 1.52. The van der Waals surface area contributed by atoms with E-state index in [-0.39, 0.29) is 0 Å². The van der Waals surface area contributed by atoms with Crippen molar-refractivity contribution in [3.8, 4) is 0 Å². The fourth-order valence-electron chi connectivity index (χ4n) is 2.53. The zero-order chi connectivity index (χ0) is 17.6. The summed E-state index contributed by atoms with van der Waals surface area (Å²) >= 11 is 5.37. The summed E-state index contributed by atoms with van der Waals surface area (Å²) < 4.78 is 3.81. The average molecular weight is 354 g/mol. The van der Waals surface area contributed by atoms with Gasteiger partial charge in [-0.2, -0.15) is 10.2 Å². The third kappa shape index (κ3) is 4.67. The van der Waals surface area contributed by atoms with Gasteiger partial charge in [-0.3, -0.25) is 9.36 Å². The third-order valence-electron chi connectivity index (χ3n) is 3.89. The van der Waals surface area contributed by atoms with Gasteiger partial charge in [0, 0.05) is 31.0 Å². The number of hydrogen-bond acceptors (Lipinski definition) is 3. The first-order valence-electron chi connectivity index (χ1n) is 8.28. The minimum atomic E-state index is 0.572. The molecule has 0 bridgehead atoms. The molecule has 0 saturated heterocycles. The summed E-state index contributed by atoms with van der Waals surface area (Å²) in [5.41, 5.74) is 4.24. The largest absolute Gasteiger partial charge is 0.358 e. The van der Waals surface area contributed by atoms with Crippen LogP contribution < -0.4 is 10.6 Å². The smallest absolute Gasteiger partial charge is 0.171 e. The predicted molar refractivity (Wildman–Crippen MR) is 103 cm³/mol. The zero-order valence-corrected chi connectivity index (χ0v) is 15.3. The molecule has 1 aromatic carbocycles. The van der Waals surface area contributed by atoms with Crippen molar-refractivity contribution >= 4 is 23.0 Å². The Bertz CT molecular complexity index is 836. The topological polar surface area (TPSA) is 59.7 Å². The van der Waals surface area contributed by atoms with Crippen molar-refractivity contribution in [2.75, 3.05) is 5.32 Å². The fraction of sp³-hybridized carbons (Fsp3) is 0.278. The van der Waals surface area contributed by atoms with E-state index in [9.17, 15) is 0 Å². The van der Waals surface area contributed by atoms with Crippen LogP contribution in [0.25, 0.3) is 0 Å². The lowest BCUT2D eigenvalue weighted by atomic mass is 10.2. The first-order chi connectivity index (χ1) is 12.1. The molecular formula is C18H22N6S. The van der Waals surface area contributed by atoms with Crippen molar-refractivity contribution in [1.82, 2.24) is 24.9 Å². The molecule has 0 radical (unpaired) electrons. The van der Waals surface area contributed by atoms with Crippen LogP contribution in [-0.2, 0) is 19.6 Å². The van der Waals surface area contributed by atoms with Crippen molar-refractivity contribution in [1.29, 1.82) is 0 Å². The molecule has 0 saturated carbocycles. The highest BCUT2D eigenvalue weighted by molar-refractivity contribution is 7.80. The second-order valence-electron chi connectivity index (χ2n) is 5.82. The molecule has 130 valence electrons. The van der Waals surface area contributed by atoms with Crippen molar-refractivity contribution in [3.05, 3.63) is 65.7 Å². The van der Waals surface area contributed by atoms with Crippen molar-refractivity contribution in [2.45, 2.75) is 33.5 Å². The molecule has 0 spiro atoms. The van der Waals surface area contributed by atoms with Crippen LogP contribution in [0.1, 0.15) is 23.7 Å². The minimum absolute atomic E-state index is 0.572. The van der Waals surface area contributed by atoms with Crippen molar-refractivity contribution in [3.63, 3.8) is 0 Å². The lowest BCUT2D eigenvalue weighted by Gasteiger charge is -2.08. The summed E-state index contributed by atoms with van der Waals surface area (Å²) in [6.07, 6.45) is 5.77. The number of aryl methyl sites for hydroxylation is 2. The average Bonchev–Trinajstić information content (AvgIpc) is 3.20. The predicted octanol–water partition coefficient (Wildman–Crippen LogP) is 2.94. The van der Waals surface area contributed by atoms with Gasteiger partial charge in [-0.1, -0.05) is 30.3 Å². The number of benzene rings is 1. The van der Waals surface area contributed by atoms with Gasteiger partial charge in [-0.15, -0.1) is 0 Å². The summed E-state index contributed by atoms with van der Waals surface area (Å²) in [7, 11) is 0. The number of thiocarbonyl (C=S) groups is 1. The van der Waals surface area contributed by atoms with Gasteiger partial charge in [0.15, 0.2) is 5.11 Å². The highest BCUT2D eigenvalue weighted by Gasteiger charge is 2.06. The molecule has 2 heterocycles. The summed E-state index contributed by atoms with van der Waals surface area (Å²) in [5, 5.41) is 15.8. The first kappa shape index (κ1) is 17.2. The van der Waals surface area contributed by atoms with Gasteiger partial charge in [-0.05, 0) is 31.6 Å². The number of nitrogens with zero attached hydrogens (tertiary/aromatic N) is 4. The van der Waals surface area contributed by atoms with Crippen molar-refractivity contribution in [2.24, 2.45) is 0 Å². The molecule has 0 aliphatic carbocycles. The van der Waals surface area contributed by atoms with Crippen LogP contribution in [0.4, 0.5) is 5.69 Å². The molecule has 0 atom stereocenters. The minimum Gasteiger partial charge on any atom is -0.358 e. The Labute approximate surface area is 152 Å². The van der Waals surface area contributed by atoms with E-state index in [4.69, 9.17) is 12.2 Å². The molecule has 2 N–H and O–H groups in total. The Morgan fingerprint density at radius 3 is 2.68 bits per heavy atom. The molecule has 0 amide bonds. The number of rotatable bonds is 6. The van der Waals surface area contributed by atoms with Gasteiger partial charge in [0.05, 0.1) is 24.1 Å². The van der Waals surface area contributed by atoms with Gasteiger partial charge in [0.25, 0.3) is 0 Å². The van der Waals surface area contributed by atoms with Crippen LogP contribution in [0.15, 0.2) is 48.9 Å². The Kier molecular flexibility index (Phi) is 5.45. The lowest BCUT2D eigenvalue weighted by Crippen LogP contribution is -2.27. The van der Waals surface area contributed by atoms with Gasteiger partial charge < -0.3 is 10.6 Å². The lowest BCUT2D eigenvalue weighted by molar-refractivity contribution is 0.653. The maximum atomic E-state index is 5.37. The van der Waals surface area contributed by atoms with Gasteiger partial charge >= 0.3 is 0 Å². The van der Waals surface area contributed by atoms with E-state index in [2.05, 4.69) is 39.9 Å². The Hall–Kier alpha value is -2.67. The van der Waals surface area contributed by atoms with E-state index in [0.29, 0.717) is 11.7 Å². The molecular weight excluding hydrogens is 332 g/mol. The zero-order valence-electron chi connectivity index (χ0n) is 14.4. The Morgan fingerprint density at radius 2 is 1.96 bits per heavy atom.